The van der Waals surface area contributed by atoms with Crippen molar-refractivity contribution in [3.63, 3.8) is 0 Å². The van der Waals surface area contributed by atoms with Gasteiger partial charge < -0.3 is 15.8 Å². The smallest absolute Gasteiger partial charge is 0.251 e. The second-order valence-corrected chi connectivity index (χ2v) is 7.71. The van der Waals surface area contributed by atoms with E-state index in [9.17, 15) is 4.79 Å². The summed E-state index contributed by atoms with van der Waals surface area (Å²) >= 11 is 1.56. The van der Waals surface area contributed by atoms with Crippen LogP contribution in [0.15, 0.2) is 66.7 Å². The molecule has 0 aliphatic carbocycles. The summed E-state index contributed by atoms with van der Waals surface area (Å²) in [6, 6.07) is 21.1. The maximum Gasteiger partial charge on any atom is 0.251 e. The number of methoxy groups -OCH3 is 1. The average molecular weight is 404 g/mol. The molecule has 0 unspecified atom stereocenters. The van der Waals surface area contributed by atoms with Crippen LogP contribution in [0, 0.1) is 0 Å². The zero-order valence-electron chi connectivity index (χ0n) is 16.0. The molecule has 1 heterocycles. The summed E-state index contributed by atoms with van der Waals surface area (Å²) in [7, 11) is 1.65. The number of amides is 1. The van der Waals surface area contributed by atoms with Crippen molar-refractivity contribution in [3.05, 3.63) is 77.9 Å². The molecule has 3 aromatic carbocycles. The SMILES string of the molecule is COc1ccc(CCNC(=O)c2ccc3nc(-c4cccc(N)c4)sc3c2)cc1. The maximum absolute atomic E-state index is 12.5. The van der Waals surface area contributed by atoms with Gasteiger partial charge in [0.1, 0.15) is 10.8 Å². The number of nitrogens with zero attached hydrogens (tertiary/aromatic N) is 1. The first-order valence-corrected chi connectivity index (χ1v) is 10.1. The van der Waals surface area contributed by atoms with E-state index in [0.717, 1.165) is 38.5 Å². The average Bonchev–Trinajstić information content (AvgIpc) is 3.17. The number of anilines is 1. The van der Waals surface area contributed by atoms with E-state index < -0.39 is 0 Å². The molecule has 1 amide bonds. The topological polar surface area (TPSA) is 77.2 Å². The fourth-order valence-electron chi connectivity index (χ4n) is 3.08. The Morgan fingerprint density at radius 3 is 2.69 bits per heavy atom. The van der Waals surface area contributed by atoms with E-state index in [-0.39, 0.29) is 5.91 Å². The van der Waals surface area contributed by atoms with Gasteiger partial charge in [0.15, 0.2) is 0 Å². The van der Waals surface area contributed by atoms with Gasteiger partial charge in [-0.3, -0.25) is 4.79 Å². The second-order valence-electron chi connectivity index (χ2n) is 6.68. The van der Waals surface area contributed by atoms with Crippen LogP contribution in [0.3, 0.4) is 0 Å². The summed E-state index contributed by atoms with van der Waals surface area (Å²) in [5.41, 5.74) is 10.2. The molecule has 0 saturated carbocycles. The molecule has 3 N–H and O–H groups in total. The minimum atomic E-state index is -0.0840. The number of nitrogen functional groups attached to an aromatic ring is 1. The van der Waals surface area contributed by atoms with Crippen molar-refractivity contribution in [1.82, 2.24) is 10.3 Å². The van der Waals surface area contributed by atoms with Crippen molar-refractivity contribution in [1.29, 1.82) is 0 Å². The molecule has 29 heavy (non-hydrogen) atoms. The van der Waals surface area contributed by atoms with Gasteiger partial charge in [-0.05, 0) is 54.4 Å². The summed E-state index contributed by atoms with van der Waals surface area (Å²) in [4.78, 5) is 17.2. The molecular weight excluding hydrogens is 382 g/mol. The number of hydrogen-bond acceptors (Lipinski definition) is 5. The highest BCUT2D eigenvalue weighted by atomic mass is 32.1. The number of rotatable bonds is 6. The Kier molecular flexibility index (Phi) is 5.44. The van der Waals surface area contributed by atoms with Crippen LogP contribution < -0.4 is 15.8 Å². The van der Waals surface area contributed by atoms with Crippen LogP contribution in [0.1, 0.15) is 15.9 Å². The Labute approximate surface area is 173 Å². The van der Waals surface area contributed by atoms with E-state index in [2.05, 4.69) is 10.3 Å². The first kappa shape index (κ1) is 19.0. The van der Waals surface area contributed by atoms with Gasteiger partial charge in [-0.25, -0.2) is 4.98 Å². The molecule has 6 heteroatoms. The van der Waals surface area contributed by atoms with E-state index in [1.54, 1.807) is 18.4 Å². The molecule has 1 aromatic heterocycles. The van der Waals surface area contributed by atoms with Crippen molar-refractivity contribution >= 4 is 33.1 Å². The van der Waals surface area contributed by atoms with Gasteiger partial charge in [-0.2, -0.15) is 0 Å². The Hall–Kier alpha value is -3.38. The monoisotopic (exact) mass is 403 g/mol. The van der Waals surface area contributed by atoms with Crippen LogP contribution in [0.5, 0.6) is 5.75 Å². The van der Waals surface area contributed by atoms with Crippen LogP contribution in [0.2, 0.25) is 0 Å². The van der Waals surface area contributed by atoms with Gasteiger partial charge in [0.2, 0.25) is 0 Å². The van der Waals surface area contributed by atoms with Crippen molar-refractivity contribution in [3.8, 4) is 16.3 Å². The van der Waals surface area contributed by atoms with Crippen molar-refractivity contribution in [2.75, 3.05) is 19.4 Å². The van der Waals surface area contributed by atoms with Crippen molar-refractivity contribution in [2.24, 2.45) is 0 Å². The zero-order chi connectivity index (χ0) is 20.2. The number of fused-ring (bicyclic) bond motifs is 1. The highest BCUT2D eigenvalue weighted by Gasteiger charge is 2.11. The minimum Gasteiger partial charge on any atom is -0.497 e. The molecule has 0 aliphatic heterocycles. The number of benzene rings is 3. The minimum absolute atomic E-state index is 0.0840. The first-order valence-electron chi connectivity index (χ1n) is 9.30. The molecule has 0 saturated heterocycles. The van der Waals surface area contributed by atoms with Crippen LogP contribution in [0.4, 0.5) is 5.69 Å². The second kappa shape index (κ2) is 8.32. The number of hydrogen-bond donors (Lipinski definition) is 2. The number of carbonyl (C=O) groups is 1. The molecule has 0 atom stereocenters. The predicted octanol–water partition coefficient (Wildman–Crippen LogP) is 4.53. The van der Waals surface area contributed by atoms with Gasteiger partial charge in [-0.1, -0.05) is 24.3 Å². The van der Waals surface area contributed by atoms with Crippen LogP contribution in [-0.4, -0.2) is 24.5 Å². The van der Waals surface area contributed by atoms with Gasteiger partial charge in [0, 0.05) is 23.4 Å². The summed E-state index contributed by atoms with van der Waals surface area (Å²) in [5.74, 6) is 0.743. The molecular formula is C23H21N3O2S. The third kappa shape index (κ3) is 4.38. The number of aromatic nitrogens is 1. The molecule has 0 aliphatic rings. The van der Waals surface area contributed by atoms with E-state index in [1.807, 2.05) is 66.7 Å². The van der Waals surface area contributed by atoms with E-state index in [1.165, 1.54) is 0 Å². The fourth-order valence-corrected chi connectivity index (χ4v) is 4.08. The van der Waals surface area contributed by atoms with Gasteiger partial charge >= 0.3 is 0 Å². The Balaban J connectivity index is 1.43. The Morgan fingerprint density at radius 2 is 1.93 bits per heavy atom. The lowest BCUT2D eigenvalue weighted by Gasteiger charge is -2.06. The molecule has 146 valence electrons. The normalized spacial score (nSPS) is 10.8. The summed E-state index contributed by atoms with van der Waals surface area (Å²) in [5, 5.41) is 3.88. The van der Waals surface area contributed by atoms with E-state index in [4.69, 9.17) is 10.5 Å². The highest BCUT2D eigenvalue weighted by Crippen LogP contribution is 2.31. The highest BCUT2D eigenvalue weighted by molar-refractivity contribution is 7.21. The Bertz CT molecular complexity index is 1150. The summed E-state index contributed by atoms with van der Waals surface area (Å²) in [6.45, 7) is 0.570. The van der Waals surface area contributed by atoms with Crippen LogP contribution >= 0.6 is 11.3 Å². The van der Waals surface area contributed by atoms with Crippen LogP contribution in [-0.2, 0) is 6.42 Å². The molecule has 0 fully saturated rings. The summed E-state index contributed by atoms with van der Waals surface area (Å²) < 4.78 is 6.14. The first-order chi connectivity index (χ1) is 14.1. The zero-order valence-corrected chi connectivity index (χ0v) is 16.8. The standard InChI is InChI=1S/C23H21N3O2S/c1-28-19-8-5-15(6-9-19)11-12-25-22(27)16-7-10-20-21(14-16)29-23(26-20)17-3-2-4-18(24)13-17/h2-10,13-14H,11-12,24H2,1H3,(H,25,27). The van der Waals surface area contributed by atoms with Crippen molar-refractivity contribution in [2.45, 2.75) is 6.42 Å². The number of ether oxygens (including phenoxy) is 1. The van der Waals surface area contributed by atoms with Gasteiger partial charge in [0.05, 0.1) is 17.3 Å². The Morgan fingerprint density at radius 1 is 1.10 bits per heavy atom. The predicted molar refractivity (Wildman–Crippen MR) is 118 cm³/mol. The van der Waals surface area contributed by atoms with Crippen molar-refractivity contribution < 1.29 is 9.53 Å². The van der Waals surface area contributed by atoms with E-state index >= 15 is 0 Å². The molecule has 0 bridgehead atoms. The van der Waals surface area contributed by atoms with Crippen LogP contribution in [0.25, 0.3) is 20.8 Å². The fraction of sp³-hybridized carbons (Fsp3) is 0.130. The quantitative estimate of drug-likeness (QED) is 0.464. The lowest BCUT2D eigenvalue weighted by molar-refractivity contribution is 0.0954. The molecule has 5 nitrogen and oxygen atoms in total. The van der Waals surface area contributed by atoms with Gasteiger partial charge in [-0.15, -0.1) is 11.3 Å². The molecule has 4 aromatic rings. The molecule has 4 rings (SSSR count). The lowest BCUT2D eigenvalue weighted by atomic mass is 10.1. The van der Waals surface area contributed by atoms with E-state index in [0.29, 0.717) is 17.8 Å². The third-order valence-electron chi connectivity index (χ3n) is 4.64. The van der Waals surface area contributed by atoms with Gasteiger partial charge in [0.25, 0.3) is 5.91 Å². The molecule has 0 radical (unpaired) electrons. The number of nitrogens with one attached hydrogen (secondary N) is 1. The number of nitrogens with two attached hydrogens (primary N) is 1. The largest absolute Gasteiger partial charge is 0.497 e. The third-order valence-corrected chi connectivity index (χ3v) is 5.71. The number of thiazole rings is 1. The number of carbonyl (C=O) groups excluding carboxylic acids is 1. The summed E-state index contributed by atoms with van der Waals surface area (Å²) in [6.07, 6.45) is 0.762. The lowest BCUT2D eigenvalue weighted by Crippen LogP contribution is -2.25. The molecule has 0 spiro atoms. The maximum atomic E-state index is 12.5.